The quantitative estimate of drug-likeness (QED) is 0.839. The van der Waals surface area contributed by atoms with Gasteiger partial charge in [-0.2, -0.15) is 0 Å². The van der Waals surface area contributed by atoms with E-state index in [0.717, 1.165) is 11.0 Å². The highest BCUT2D eigenvalue weighted by atomic mass is 35.5. The Morgan fingerprint density at radius 2 is 1.63 bits per heavy atom. The van der Waals surface area contributed by atoms with Crippen LogP contribution in [-0.2, 0) is 9.84 Å². The third-order valence-corrected chi connectivity index (χ3v) is 4.56. The molecule has 0 atom stereocenters. The molecular formula is C14H10Cl2O2S. The molecule has 0 N–H and O–H groups in total. The lowest BCUT2D eigenvalue weighted by Crippen LogP contribution is -1.97. The van der Waals surface area contributed by atoms with E-state index in [1.165, 1.54) is 18.2 Å². The zero-order valence-corrected chi connectivity index (χ0v) is 12.1. The van der Waals surface area contributed by atoms with E-state index in [0.29, 0.717) is 5.02 Å². The van der Waals surface area contributed by atoms with Gasteiger partial charge >= 0.3 is 0 Å². The van der Waals surface area contributed by atoms with Crippen molar-refractivity contribution in [3.63, 3.8) is 0 Å². The third kappa shape index (κ3) is 3.60. The molecule has 2 nitrogen and oxygen atoms in total. The van der Waals surface area contributed by atoms with E-state index in [-0.39, 0.29) is 9.92 Å². The van der Waals surface area contributed by atoms with Crippen LogP contribution in [0, 0.1) is 0 Å². The first-order chi connectivity index (χ1) is 8.99. The Hall–Kier alpha value is -1.29. The number of sulfone groups is 1. The van der Waals surface area contributed by atoms with E-state index in [1.807, 2.05) is 30.3 Å². The molecular weight excluding hydrogens is 303 g/mol. The van der Waals surface area contributed by atoms with Crippen LogP contribution in [0.3, 0.4) is 0 Å². The second-order valence-corrected chi connectivity index (χ2v) is 6.48. The Balaban J connectivity index is 2.38. The summed E-state index contributed by atoms with van der Waals surface area (Å²) in [4.78, 5) is 0.00819. The average molecular weight is 313 g/mol. The van der Waals surface area contributed by atoms with Crippen LogP contribution in [0.5, 0.6) is 0 Å². The van der Waals surface area contributed by atoms with Crippen LogP contribution in [0.2, 0.25) is 10.0 Å². The molecule has 0 heterocycles. The van der Waals surface area contributed by atoms with Gasteiger partial charge in [0.15, 0.2) is 0 Å². The van der Waals surface area contributed by atoms with Crippen LogP contribution in [-0.4, -0.2) is 8.42 Å². The van der Waals surface area contributed by atoms with Crippen LogP contribution in [0.25, 0.3) is 6.08 Å². The van der Waals surface area contributed by atoms with Crippen LogP contribution in [0.1, 0.15) is 5.56 Å². The first-order valence-electron chi connectivity index (χ1n) is 5.42. The summed E-state index contributed by atoms with van der Waals surface area (Å²) in [6.45, 7) is 0. The van der Waals surface area contributed by atoms with Crippen LogP contribution in [0.4, 0.5) is 0 Å². The van der Waals surface area contributed by atoms with Gasteiger partial charge in [0.1, 0.15) is 0 Å². The van der Waals surface area contributed by atoms with Gasteiger partial charge < -0.3 is 0 Å². The highest BCUT2D eigenvalue weighted by Gasteiger charge is 2.15. The Labute approximate surface area is 122 Å². The fourth-order valence-corrected chi connectivity index (χ4v) is 3.29. The van der Waals surface area contributed by atoms with Crippen LogP contribution < -0.4 is 0 Å². The molecule has 2 rings (SSSR count). The zero-order chi connectivity index (χ0) is 13.9. The maximum atomic E-state index is 12.1. The second kappa shape index (κ2) is 5.78. The Morgan fingerprint density at radius 1 is 0.947 bits per heavy atom. The fourth-order valence-electron chi connectivity index (χ4n) is 1.50. The number of halogens is 2. The normalized spacial score (nSPS) is 11.9. The minimum Gasteiger partial charge on any atom is -0.219 e. The molecule has 0 amide bonds. The van der Waals surface area contributed by atoms with E-state index in [4.69, 9.17) is 23.2 Å². The van der Waals surface area contributed by atoms with Gasteiger partial charge in [-0.3, -0.25) is 0 Å². The standard InChI is InChI=1S/C14H10Cl2O2S/c15-12-6-7-13(16)14(10-12)19(17,18)9-8-11-4-2-1-3-5-11/h1-10H/b9-8+. The summed E-state index contributed by atoms with van der Waals surface area (Å²) in [5.74, 6) is 0. The topological polar surface area (TPSA) is 34.1 Å². The summed E-state index contributed by atoms with van der Waals surface area (Å²) in [5.41, 5.74) is 0.796. The van der Waals surface area contributed by atoms with Gasteiger partial charge in [-0.1, -0.05) is 53.5 Å². The minimum atomic E-state index is -3.61. The van der Waals surface area contributed by atoms with E-state index in [2.05, 4.69) is 0 Å². The highest BCUT2D eigenvalue weighted by molar-refractivity contribution is 7.94. The molecule has 0 radical (unpaired) electrons. The SMILES string of the molecule is O=S(=O)(/C=C/c1ccccc1)c1cc(Cl)ccc1Cl. The van der Waals surface area contributed by atoms with Crippen molar-refractivity contribution in [3.8, 4) is 0 Å². The lowest BCUT2D eigenvalue weighted by atomic mass is 10.2. The van der Waals surface area contributed by atoms with E-state index < -0.39 is 9.84 Å². The number of rotatable bonds is 3. The summed E-state index contributed by atoms with van der Waals surface area (Å²) >= 11 is 11.7. The van der Waals surface area contributed by atoms with Crippen molar-refractivity contribution in [2.75, 3.05) is 0 Å². The predicted octanol–water partition coefficient (Wildman–Crippen LogP) is 4.44. The molecule has 0 saturated carbocycles. The molecule has 0 aliphatic carbocycles. The van der Waals surface area contributed by atoms with Crippen molar-refractivity contribution >= 4 is 39.1 Å². The molecule has 0 aliphatic rings. The summed E-state index contributed by atoms with van der Waals surface area (Å²) in [6.07, 6.45) is 1.52. The second-order valence-electron chi connectivity index (χ2n) is 3.83. The number of hydrogen-bond acceptors (Lipinski definition) is 2. The van der Waals surface area contributed by atoms with Crippen molar-refractivity contribution in [1.82, 2.24) is 0 Å². The number of hydrogen-bond donors (Lipinski definition) is 0. The molecule has 0 aromatic heterocycles. The summed E-state index contributed by atoms with van der Waals surface area (Å²) in [7, 11) is -3.61. The smallest absolute Gasteiger partial charge is 0.201 e. The maximum absolute atomic E-state index is 12.1. The van der Waals surface area contributed by atoms with Crippen molar-refractivity contribution < 1.29 is 8.42 Å². The number of benzene rings is 2. The van der Waals surface area contributed by atoms with Gasteiger partial charge in [-0.15, -0.1) is 0 Å². The average Bonchev–Trinajstić information content (AvgIpc) is 2.40. The molecule has 5 heteroatoms. The molecule has 2 aromatic carbocycles. The van der Waals surface area contributed by atoms with Gasteiger partial charge in [0, 0.05) is 10.4 Å². The molecule has 0 aliphatic heterocycles. The first kappa shape index (κ1) is 14.1. The molecule has 0 bridgehead atoms. The van der Waals surface area contributed by atoms with Gasteiger partial charge in [0.05, 0.1) is 9.92 Å². The first-order valence-corrected chi connectivity index (χ1v) is 7.72. The van der Waals surface area contributed by atoms with E-state index >= 15 is 0 Å². The molecule has 19 heavy (non-hydrogen) atoms. The molecule has 2 aromatic rings. The van der Waals surface area contributed by atoms with Gasteiger partial charge in [0.2, 0.25) is 9.84 Å². The lowest BCUT2D eigenvalue weighted by Gasteiger charge is -2.02. The minimum absolute atomic E-state index is 0.00819. The van der Waals surface area contributed by atoms with Gasteiger partial charge in [-0.25, -0.2) is 8.42 Å². The van der Waals surface area contributed by atoms with E-state index in [1.54, 1.807) is 6.07 Å². The Morgan fingerprint density at radius 3 is 2.32 bits per heavy atom. The predicted molar refractivity (Wildman–Crippen MR) is 79.1 cm³/mol. The molecule has 0 unspecified atom stereocenters. The maximum Gasteiger partial charge on any atom is 0.201 e. The molecule has 0 fully saturated rings. The van der Waals surface area contributed by atoms with Crippen LogP contribution >= 0.6 is 23.2 Å². The van der Waals surface area contributed by atoms with Gasteiger partial charge in [-0.05, 0) is 29.8 Å². The van der Waals surface area contributed by atoms with Crippen LogP contribution in [0.15, 0.2) is 58.8 Å². The molecule has 0 saturated heterocycles. The summed E-state index contributed by atoms with van der Waals surface area (Å²) < 4.78 is 24.3. The highest BCUT2D eigenvalue weighted by Crippen LogP contribution is 2.26. The van der Waals surface area contributed by atoms with Crippen molar-refractivity contribution in [1.29, 1.82) is 0 Å². The van der Waals surface area contributed by atoms with E-state index in [9.17, 15) is 8.42 Å². The van der Waals surface area contributed by atoms with Crippen molar-refractivity contribution in [2.45, 2.75) is 4.90 Å². The monoisotopic (exact) mass is 312 g/mol. The van der Waals surface area contributed by atoms with Crippen molar-refractivity contribution in [3.05, 3.63) is 69.5 Å². The van der Waals surface area contributed by atoms with Gasteiger partial charge in [0.25, 0.3) is 0 Å². The Kier molecular flexibility index (Phi) is 4.30. The Bertz CT molecular complexity index is 707. The lowest BCUT2D eigenvalue weighted by molar-refractivity contribution is 0.605. The zero-order valence-electron chi connectivity index (χ0n) is 9.75. The third-order valence-electron chi connectivity index (χ3n) is 2.44. The summed E-state index contributed by atoms with van der Waals surface area (Å²) in [6, 6.07) is 13.5. The molecule has 0 spiro atoms. The fraction of sp³-hybridized carbons (Fsp3) is 0. The molecule has 98 valence electrons. The summed E-state index contributed by atoms with van der Waals surface area (Å²) in [5, 5.41) is 1.61. The van der Waals surface area contributed by atoms with Crippen molar-refractivity contribution in [2.24, 2.45) is 0 Å². The largest absolute Gasteiger partial charge is 0.219 e.